The number of hydrogen-bond acceptors (Lipinski definition) is 3. The van der Waals surface area contributed by atoms with Crippen molar-refractivity contribution in [2.24, 2.45) is 0 Å². The van der Waals surface area contributed by atoms with Gasteiger partial charge in [-0.25, -0.2) is 4.79 Å². The summed E-state index contributed by atoms with van der Waals surface area (Å²) in [4.78, 5) is 13.9. The Balaban J connectivity index is 4.49. The lowest BCUT2D eigenvalue weighted by Gasteiger charge is -2.36. The molecular formula is C14H27ClN2O2. The van der Waals surface area contributed by atoms with E-state index >= 15 is 0 Å². The number of carbonyl (C=O) groups excluding carboxylic acids is 1. The molecular weight excluding hydrogens is 264 g/mol. The van der Waals surface area contributed by atoms with Crippen molar-refractivity contribution in [2.75, 3.05) is 19.6 Å². The first-order chi connectivity index (χ1) is 8.43. The molecule has 5 heteroatoms. The summed E-state index contributed by atoms with van der Waals surface area (Å²) in [5.74, 6) is 0. The zero-order chi connectivity index (χ0) is 15.3. The van der Waals surface area contributed by atoms with Crippen molar-refractivity contribution in [3.05, 3.63) is 11.6 Å². The summed E-state index contributed by atoms with van der Waals surface area (Å²) in [6.07, 6.45) is -0.300. The van der Waals surface area contributed by atoms with Crippen LogP contribution in [0, 0.1) is 0 Å². The monoisotopic (exact) mass is 290 g/mol. The summed E-state index contributed by atoms with van der Waals surface area (Å²) in [5.41, 5.74) is -0.777. The highest BCUT2D eigenvalue weighted by Gasteiger charge is 2.30. The second-order valence-corrected chi connectivity index (χ2v) is 7.03. The first-order valence-corrected chi connectivity index (χ1v) is 6.86. The van der Waals surface area contributed by atoms with Crippen molar-refractivity contribution >= 4 is 17.7 Å². The highest BCUT2D eigenvalue weighted by molar-refractivity contribution is 6.29. The van der Waals surface area contributed by atoms with Crippen molar-refractivity contribution in [2.45, 2.75) is 52.7 Å². The van der Waals surface area contributed by atoms with Crippen LogP contribution < -0.4 is 5.32 Å². The van der Waals surface area contributed by atoms with Crippen LogP contribution in [0.2, 0.25) is 0 Å². The fourth-order valence-corrected chi connectivity index (χ4v) is 1.53. The van der Waals surface area contributed by atoms with Gasteiger partial charge in [0.05, 0.1) is 0 Å². The molecule has 0 spiro atoms. The molecule has 1 N–H and O–H groups in total. The summed E-state index contributed by atoms with van der Waals surface area (Å²) in [7, 11) is 0. The molecule has 0 saturated carbocycles. The Labute approximate surface area is 122 Å². The number of nitrogens with zero attached hydrogens (tertiary/aromatic N) is 1. The maximum absolute atomic E-state index is 12.2. The lowest BCUT2D eigenvalue weighted by atomic mass is 10.1. The Bertz CT molecular complexity index is 316. The molecule has 19 heavy (non-hydrogen) atoms. The van der Waals surface area contributed by atoms with E-state index in [-0.39, 0.29) is 11.6 Å². The molecule has 0 saturated heterocycles. The molecule has 0 rings (SSSR count). The average molecular weight is 291 g/mol. The van der Waals surface area contributed by atoms with Crippen molar-refractivity contribution < 1.29 is 9.53 Å². The lowest BCUT2D eigenvalue weighted by Crippen LogP contribution is -2.50. The number of carbonyl (C=O) groups is 1. The maximum atomic E-state index is 12.2. The average Bonchev–Trinajstić information content (AvgIpc) is 2.11. The summed E-state index contributed by atoms with van der Waals surface area (Å²) >= 11 is 5.67. The van der Waals surface area contributed by atoms with E-state index in [1.54, 1.807) is 4.90 Å². The number of nitrogens with one attached hydrogen (secondary N) is 1. The third-order valence-corrected chi connectivity index (χ3v) is 2.39. The van der Waals surface area contributed by atoms with E-state index in [0.717, 1.165) is 0 Å². The van der Waals surface area contributed by atoms with Gasteiger partial charge >= 0.3 is 6.09 Å². The van der Waals surface area contributed by atoms with E-state index in [0.29, 0.717) is 24.7 Å². The van der Waals surface area contributed by atoms with E-state index in [4.69, 9.17) is 16.3 Å². The van der Waals surface area contributed by atoms with E-state index in [1.807, 2.05) is 41.5 Å². The van der Waals surface area contributed by atoms with Gasteiger partial charge in [0.25, 0.3) is 0 Å². The molecule has 0 unspecified atom stereocenters. The van der Waals surface area contributed by atoms with Crippen LogP contribution in [-0.4, -0.2) is 41.8 Å². The van der Waals surface area contributed by atoms with Crippen molar-refractivity contribution in [1.82, 2.24) is 10.2 Å². The van der Waals surface area contributed by atoms with Crippen molar-refractivity contribution in [3.8, 4) is 0 Å². The molecule has 1 amide bonds. The molecule has 0 aromatic heterocycles. The zero-order valence-electron chi connectivity index (χ0n) is 13.0. The van der Waals surface area contributed by atoms with Gasteiger partial charge in [0.2, 0.25) is 0 Å². The molecule has 0 aromatic carbocycles. The topological polar surface area (TPSA) is 41.6 Å². The Kier molecular flexibility index (Phi) is 6.87. The number of rotatable bonds is 5. The van der Waals surface area contributed by atoms with Crippen LogP contribution in [0.1, 0.15) is 41.5 Å². The summed E-state index contributed by atoms with van der Waals surface area (Å²) in [6.45, 7) is 16.9. The number of hydrogen-bond donors (Lipinski definition) is 1. The van der Waals surface area contributed by atoms with Crippen molar-refractivity contribution in [1.29, 1.82) is 0 Å². The second kappa shape index (κ2) is 7.15. The van der Waals surface area contributed by atoms with Gasteiger partial charge in [0.1, 0.15) is 5.60 Å². The number of halogens is 1. The minimum absolute atomic E-state index is 0.290. The molecule has 0 aliphatic heterocycles. The van der Waals surface area contributed by atoms with Gasteiger partial charge in [-0.3, -0.25) is 0 Å². The van der Waals surface area contributed by atoms with Gasteiger partial charge in [0.15, 0.2) is 0 Å². The van der Waals surface area contributed by atoms with Gasteiger partial charge in [0, 0.05) is 30.2 Å². The first-order valence-electron chi connectivity index (χ1n) is 6.48. The molecule has 0 aromatic rings. The second-order valence-electron chi connectivity index (χ2n) is 6.50. The van der Waals surface area contributed by atoms with Crippen LogP contribution in [0.3, 0.4) is 0 Å². The van der Waals surface area contributed by atoms with Gasteiger partial charge in [-0.1, -0.05) is 18.2 Å². The highest BCUT2D eigenvalue weighted by atomic mass is 35.5. The fourth-order valence-electron chi connectivity index (χ4n) is 1.43. The van der Waals surface area contributed by atoms with Crippen LogP contribution in [-0.2, 0) is 4.74 Å². The molecule has 0 radical (unpaired) electrons. The molecule has 0 heterocycles. The van der Waals surface area contributed by atoms with E-state index < -0.39 is 5.60 Å². The normalized spacial score (nSPS) is 12.2. The van der Waals surface area contributed by atoms with Crippen LogP contribution >= 0.6 is 11.6 Å². The smallest absolute Gasteiger partial charge is 0.410 e. The predicted octanol–water partition coefficient (Wildman–Crippen LogP) is 3.36. The standard InChI is InChI=1S/C14H27ClN2O2/c1-11(15)10-16-8-9-17(13(2,3)4)12(18)19-14(5,6)7/h16H,1,8-10H2,2-7H3. The Hall–Kier alpha value is -0.740. The van der Waals surface area contributed by atoms with E-state index in [9.17, 15) is 4.79 Å². The minimum atomic E-state index is -0.488. The third kappa shape index (κ3) is 8.89. The minimum Gasteiger partial charge on any atom is -0.444 e. The Morgan fingerprint density at radius 1 is 1.26 bits per heavy atom. The van der Waals surface area contributed by atoms with Crippen LogP contribution in [0.15, 0.2) is 11.6 Å². The molecule has 0 bridgehead atoms. The molecule has 0 aliphatic carbocycles. The SMILES string of the molecule is C=C(Cl)CNCCN(C(=O)OC(C)(C)C)C(C)(C)C. The van der Waals surface area contributed by atoms with Crippen LogP contribution in [0.4, 0.5) is 4.79 Å². The molecule has 112 valence electrons. The quantitative estimate of drug-likeness (QED) is 0.790. The number of ether oxygens (including phenoxy) is 1. The molecule has 0 aliphatic rings. The summed E-state index contributed by atoms with van der Waals surface area (Å²) < 4.78 is 5.42. The van der Waals surface area contributed by atoms with Gasteiger partial charge in [-0.15, -0.1) is 0 Å². The van der Waals surface area contributed by atoms with Crippen LogP contribution in [0.5, 0.6) is 0 Å². The first kappa shape index (κ1) is 18.3. The van der Waals surface area contributed by atoms with Crippen molar-refractivity contribution in [3.63, 3.8) is 0 Å². The van der Waals surface area contributed by atoms with E-state index in [1.165, 1.54) is 0 Å². The molecule has 0 fully saturated rings. The Morgan fingerprint density at radius 2 is 1.79 bits per heavy atom. The van der Waals surface area contributed by atoms with Gasteiger partial charge < -0.3 is 15.0 Å². The summed E-state index contributed by atoms with van der Waals surface area (Å²) in [5, 5.41) is 3.68. The lowest BCUT2D eigenvalue weighted by molar-refractivity contribution is 0.00671. The van der Waals surface area contributed by atoms with Gasteiger partial charge in [-0.2, -0.15) is 0 Å². The zero-order valence-corrected chi connectivity index (χ0v) is 13.7. The third-order valence-electron chi connectivity index (χ3n) is 2.25. The maximum Gasteiger partial charge on any atom is 0.410 e. The predicted molar refractivity (Wildman–Crippen MR) is 80.6 cm³/mol. The summed E-state index contributed by atoms with van der Waals surface area (Å²) in [6, 6.07) is 0. The largest absolute Gasteiger partial charge is 0.444 e. The van der Waals surface area contributed by atoms with Gasteiger partial charge in [-0.05, 0) is 41.5 Å². The van der Waals surface area contributed by atoms with E-state index in [2.05, 4.69) is 11.9 Å². The Morgan fingerprint density at radius 3 is 2.16 bits per heavy atom. The molecule has 4 nitrogen and oxygen atoms in total. The van der Waals surface area contributed by atoms with Crippen LogP contribution in [0.25, 0.3) is 0 Å². The highest BCUT2D eigenvalue weighted by Crippen LogP contribution is 2.17. The number of amides is 1. The fraction of sp³-hybridized carbons (Fsp3) is 0.786. The molecule has 0 atom stereocenters.